The molecule has 0 spiro atoms. The van der Waals surface area contributed by atoms with E-state index in [0.717, 1.165) is 37.7 Å². The normalized spacial score (nSPS) is 17.2. The summed E-state index contributed by atoms with van der Waals surface area (Å²) < 4.78 is 0. The maximum Gasteiger partial charge on any atom is 0.159 e. The van der Waals surface area contributed by atoms with Gasteiger partial charge in [0, 0.05) is 6.42 Å². The number of allylic oxidation sites excluding steroid dienone is 3. The minimum Gasteiger partial charge on any atom is -0.389 e. The molecule has 0 aliphatic heterocycles. The van der Waals surface area contributed by atoms with Crippen LogP contribution in [-0.4, -0.2) is 17.0 Å². The summed E-state index contributed by atoms with van der Waals surface area (Å²) in [7, 11) is 0. The van der Waals surface area contributed by atoms with E-state index in [9.17, 15) is 9.90 Å². The Kier molecular flexibility index (Phi) is 9.32. The second-order valence-corrected chi connectivity index (χ2v) is 6.16. The summed E-state index contributed by atoms with van der Waals surface area (Å²) in [5.41, 5.74) is 2.20. The summed E-state index contributed by atoms with van der Waals surface area (Å²) in [4.78, 5) is 11.9. The van der Waals surface area contributed by atoms with Crippen molar-refractivity contribution in [1.82, 2.24) is 0 Å². The van der Waals surface area contributed by atoms with Gasteiger partial charge in [0.1, 0.15) is 0 Å². The van der Waals surface area contributed by atoms with Crippen LogP contribution in [0.25, 0.3) is 0 Å². The number of unbranched alkanes of at least 4 members (excludes halogenated alkanes) is 5. The number of rotatable bonds is 11. The lowest BCUT2D eigenvalue weighted by Crippen LogP contribution is -2.01. The van der Waals surface area contributed by atoms with Crippen molar-refractivity contribution in [3.8, 4) is 0 Å². The molecule has 0 saturated carbocycles. The average Bonchev–Trinajstić information content (AvgIpc) is 2.82. The van der Waals surface area contributed by atoms with Crippen LogP contribution in [0, 0.1) is 0 Å². The third-order valence-electron chi connectivity index (χ3n) is 4.25. The van der Waals surface area contributed by atoms with E-state index in [1.54, 1.807) is 0 Å². The number of carbonyl (C=O) groups excluding carboxylic acids is 1. The molecule has 0 fully saturated rings. The van der Waals surface area contributed by atoms with Crippen LogP contribution in [-0.2, 0) is 4.79 Å². The Bertz CT molecular complexity index is 366. The summed E-state index contributed by atoms with van der Waals surface area (Å²) in [6.07, 6.45) is 15.0. The molecule has 0 heterocycles. The molecule has 0 aromatic rings. The van der Waals surface area contributed by atoms with Crippen LogP contribution in [0.4, 0.5) is 0 Å². The molecular formula is C19H32O2. The van der Waals surface area contributed by atoms with E-state index >= 15 is 0 Å². The predicted octanol–water partition coefficient (Wildman–Crippen LogP) is 5.11. The van der Waals surface area contributed by atoms with E-state index < -0.39 is 0 Å². The Balaban J connectivity index is 2.47. The first-order valence-electron chi connectivity index (χ1n) is 8.80. The fourth-order valence-electron chi connectivity index (χ4n) is 2.87. The first kappa shape index (κ1) is 18.2. The second-order valence-electron chi connectivity index (χ2n) is 6.16. The number of aliphatic hydroxyl groups is 1. The van der Waals surface area contributed by atoms with Crippen molar-refractivity contribution in [2.75, 3.05) is 0 Å². The van der Waals surface area contributed by atoms with Gasteiger partial charge in [-0.2, -0.15) is 0 Å². The van der Waals surface area contributed by atoms with Crippen LogP contribution in [0.1, 0.15) is 84.5 Å². The Morgan fingerprint density at radius 3 is 2.48 bits per heavy atom. The van der Waals surface area contributed by atoms with Crippen molar-refractivity contribution in [3.63, 3.8) is 0 Å². The van der Waals surface area contributed by atoms with E-state index in [1.165, 1.54) is 37.7 Å². The molecule has 0 aromatic carbocycles. The van der Waals surface area contributed by atoms with Crippen LogP contribution in [0.2, 0.25) is 0 Å². The van der Waals surface area contributed by atoms with Gasteiger partial charge in [-0.3, -0.25) is 4.79 Å². The maximum absolute atomic E-state index is 11.9. The SMILES string of the molecule is CCCCCCC1=C(/C=C/[C@@H](O)CCCCC)CCC1=O. The zero-order valence-electron chi connectivity index (χ0n) is 13.9. The van der Waals surface area contributed by atoms with Crippen LogP contribution in [0.15, 0.2) is 23.3 Å². The molecule has 1 rings (SSSR count). The number of carbonyl (C=O) groups is 1. The summed E-state index contributed by atoms with van der Waals surface area (Å²) in [6.45, 7) is 4.37. The van der Waals surface area contributed by atoms with E-state index in [4.69, 9.17) is 0 Å². The third kappa shape index (κ3) is 7.08. The van der Waals surface area contributed by atoms with Crippen LogP contribution >= 0.6 is 0 Å². The molecule has 120 valence electrons. The molecule has 21 heavy (non-hydrogen) atoms. The van der Waals surface area contributed by atoms with E-state index in [-0.39, 0.29) is 6.10 Å². The molecular weight excluding hydrogens is 260 g/mol. The highest BCUT2D eigenvalue weighted by atomic mass is 16.3. The van der Waals surface area contributed by atoms with E-state index in [2.05, 4.69) is 13.8 Å². The first-order chi connectivity index (χ1) is 10.2. The molecule has 1 aliphatic rings. The molecule has 0 bridgehead atoms. The van der Waals surface area contributed by atoms with E-state index in [0.29, 0.717) is 12.2 Å². The zero-order chi connectivity index (χ0) is 15.5. The van der Waals surface area contributed by atoms with Crippen LogP contribution < -0.4 is 0 Å². The lowest BCUT2D eigenvalue weighted by Gasteiger charge is -2.06. The van der Waals surface area contributed by atoms with Crippen LogP contribution in [0.5, 0.6) is 0 Å². The quantitative estimate of drug-likeness (QED) is 0.537. The molecule has 2 nitrogen and oxygen atoms in total. The topological polar surface area (TPSA) is 37.3 Å². The van der Waals surface area contributed by atoms with Crippen molar-refractivity contribution in [1.29, 1.82) is 0 Å². The van der Waals surface area contributed by atoms with Gasteiger partial charge in [0.05, 0.1) is 6.10 Å². The van der Waals surface area contributed by atoms with Gasteiger partial charge in [0.15, 0.2) is 5.78 Å². The first-order valence-corrected chi connectivity index (χ1v) is 8.80. The number of ketones is 1. The highest BCUT2D eigenvalue weighted by Crippen LogP contribution is 2.28. The maximum atomic E-state index is 11.9. The summed E-state index contributed by atoms with van der Waals surface area (Å²) >= 11 is 0. The number of Topliss-reactive ketones (excluding diaryl/α,β-unsaturated/α-hetero) is 1. The molecule has 0 radical (unpaired) electrons. The fraction of sp³-hybridized carbons (Fsp3) is 0.737. The van der Waals surface area contributed by atoms with Crippen molar-refractivity contribution >= 4 is 5.78 Å². The van der Waals surface area contributed by atoms with Gasteiger partial charge in [-0.15, -0.1) is 0 Å². The highest BCUT2D eigenvalue weighted by Gasteiger charge is 2.20. The molecule has 1 aliphatic carbocycles. The Morgan fingerprint density at radius 2 is 1.76 bits per heavy atom. The smallest absolute Gasteiger partial charge is 0.159 e. The van der Waals surface area contributed by atoms with Crippen molar-refractivity contribution in [2.45, 2.75) is 90.6 Å². The fourth-order valence-corrected chi connectivity index (χ4v) is 2.87. The molecule has 0 aromatic heterocycles. The van der Waals surface area contributed by atoms with E-state index in [1.807, 2.05) is 12.2 Å². The molecule has 2 heteroatoms. The van der Waals surface area contributed by atoms with Gasteiger partial charge < -0.3 is 5.11 Å². The molecule has 1 N–H and O–H groups in total. The monoisotopic (exact) mass is 292 g/mol. The lowest BCUT2D eigenvalue weighted by atomic mass is 10.0. The minimum atomic E-state index is -0.360. The molecule has 0 saturated heterocycles. The zero-order valence-corrected chi connectivity index (χ0v) is 13.9. The summed E-state index contributed by atoms with van der Waals surface area (Å²) in [5.74, 6) is 0.326. The van der Waals surface area contributed by atoms with Crippen molar-refractivity contribution in [2.24, 2.45) is 0 Å². The second kappa shape index (κ2) is 10.8. The van der Waals surface area contributed by atoms with Gasteiger partial charge in [0.2, 0.25) is 0 Å². The van der Waals surface area contributed by atoms with Crippen LogP contribution in [0.3, 0.4) is 0 Å². The number of hydrogen-bond donors (Lipinski definition) is 1. The predicted molar refractivity (Wildman–Crippen MR) is 89.3 cm³/mol. The Morgan fingerprint density at radius 1 is 1.05 bits per heavy atom. The van der Waals surface area contributed by atoms with Gasteiger partial charge in [0.25, 0.3) is 0 Å². The van der Waals surface area contributed by atoms with Gasteiger partial charge in [-0.05, 0) is 36.8 Å². The molecule has 0 amide bonds. The Labute approximate surface area is 130 Å². The number of hydrogen-bond acceptors (Lipinski definition) is 2. The number of aliphatic hydroxyl groups excluding tert-OH is 1. The highest BCUT2D eigenvalue weighted by molar-refractivity contribution is 5.99. The van der Waals surface area contributed by atoms with Gasteiger partial charge >= 0.3 is 0 Å². The third-order valence-corrected chi connectivity index (χ3v) is 4.25. The van der Waals surface area contributed by atoms with Crippen molar-refractivity contribution in [3.05, 3.63) is 23.3 Å². The lowest BCUT2D eigenvalue weighted by molar-refractivity contribution is -0.115. The standard InChI is InChI=1S/C19H32O2/c1-3-5-7-9-11-18-16(13-15-19(18)21)12-14-17(20)10-8-6-4-2/h12,14,17,20H,3-11,13,15H2,1-2H3/b14-12+/t17-/m0/s1. The minimum absolute atomic E-state index is 0.326. The summed E-state index contributed by atoms with van der Waals surface area (Å²) in [5, 5.41) is 9.94. The average molecular weight is 292 g/mol. The van der Waals surface area contributed by atoms with Gasteiger partial charge in [-0.25, -0.2) is 0 Å². The molecule has 1 atom stereocenters. The largest absolute Gasteiger partial charge is 0.389 e. The Hall–Kier alpha value is -0.890. The van der Waals surface area contributed by atoms with Crippen molar-refractivity contribution < 1.29 is 9.90 Å². The van der Waals surface area contributed by atoms with Gasteiger partial charge in [-0.1, -0.05) is 64.5 Å². The molecule has 0 unspecified atom stereocenters. The summed E-state index contributed by atoms with van der Waals surface area (Å²) in [6, 6.07) is 0.